The van der Waals surface area contributed by atoms with Crippen LogP contribution in [0.2, 0.25) is 0 Å². The zero-order valence-electron chi connectivity index (χ0n) is 14.6. The van der Waals surface area contributed by atoms with Gasteiger partial charge in [0.15, 0.2) is 0 Å². The number of ether oxygens (including phenoxy) is 1. The Morgan fingerprint density at radius 2 is 1.77 bits per heavy atom. The van der Waals surface area contributed by atoms with E-state index in [1.807, 2.05) is 10.7 Å². The molecular formula is C17H22N8O. The quantitative estimate of drug-likeness (QED) is 0.669. The maximum absolute atomic E-state index is 5.46. The van der Waals surface area contributed by atoms with Gasteiger partial charge in [0.05, 0.1) is 24.2 Å². The van der Waals surface area contributed by atoms with Gasteiger partial charge in [-0.25, -0.2) is 9.66 Å². The summed E-state index contributed by atoms with van der Waals surface area (Å²) in [6, 6.07) is 8.30. The first-order valence-corrected chi connectivity index (χ1v) is 8.99. The molecule has 9 nitrogen and oxygen atoms in total. The monoisotopic (exact) mass is 354 g/mol. The Balaban J connectivity index is 1.45. The SMILES string of the molecule is c1ccc2c(c1)nc1n2CN(n2cnnc2)CN1CCN1CCOCC1. The van der Waals surface area contributed by atoms with Gasteiger partial charge in [0.2, 0.25) is 5.95 Å². The molecule has 1 aromatic carbocycles. The molecule has 1 saturated heterocycles. The summed E-state index contributed by atoms with van der Waals surface area (Å²) in [6.45, 7) is 7.05. The van der Waals surface area contributed by atoms with Crippen molar-refractivity contribution in [3.63, 3.8) is 0 Å². The normalized spacial score (nSPS) is 18.5. The second kappa shape index (κ2) is 6.58. The average molecular weight is 354 g/mol. The van der Waals surface area contributed by atoms with Crippen molar-refractivity contribution in [1.29, 1.82) is 0 Å². The number of imidazole rings is 1. The zero-order valence-corrected chi connectivity index (χ0v) is 14.6. The summed E-state index contributed by atoms with van der Waals surface area (Å²) in [5.74, 6) is 1.03. The van der Waals surface area contributed by atoms with Gasteiger partial charge in [-0.2, -0.15) is 0 Å². The Hall–Kier alpha value is -2.65. The Morgan fingerprint density at radius 1 is 0.962 bits per heavy atom. The molecule has 2 aliphatic rings. The lowest BCUT2D eigenvalue weighted by Crippen LogP contribution is -2.52. The van der Waals surface area contributed by atoms with Crippen molar-refractivity contribution in [2.45, 2.75) is 6.67 Å². The summed E-state index contributed by atoms with van der Waals surface area (Å²) in [4.78, 5) is 9.68. The van der Waals surface area contributed by atoms with Gasteiger partial charge in [-0.05, 0) is 12.1 Å². The van der Waals surface area contributed by atoms with Crippen LogP contribution >= 0.6 is 0 Å². The van der Waals surface area contributed by atoms with Gasteiger partial charge in [-0.1, -0.05) is 12.1 Å². The van der Waals surface area contributed by atoms with E-state index in [2.05, 4.69) is 47.8 Å². The topological polar surface area (TPSA) is 67.5 Å². The molecule has 0 bridgehead atoms. The summed E-state index contributed by atoms with van der Waals surface area (Å²) < 4.78 is 9.66. The molecule has 9 heteroatoms. The molecule has 0 spiro atoms. The first kappa shape index (κ1) is 15.6. The number of rotatable bonds is 4. The highest BCUT2D eigenvalue weighted by Gasteiger charge is 2.26. The van der Waals surface area contributed by atoms with E-state index in [4.69, 9.17) is 9.72 Å². The third-order valence-corrected chi connectivity index (χ3v) is 5.08. The van der Waals surface area contributed by atoms with E-state index in [1.54, 1.807) is 12.7 Å². The minimum absolute atomic E-state index is 0.724. The maximum Gasteiger partial charge on any atom is 0.209 e. The predicted octanol–water partition coefficient (Wildman–Crippen LogP) is 0.333. The van der Waals surface area contributed by atoms with E-state index in [-0.39, 0.29) is 0 Å². The Bertz CT molecular complexity index is 870. The number of benzene rings is 1. The van der Waals surface area contributed by atoms with Gasteiger partial charge in [-0.3, -0.25) is 14.5 Å². The van der Waals surface area contributed by atoms with Crippen LogP contribution in [0.3, 0.4) is 0 Å². The molecule has 0 unspecified atom stereocenters. The lowest BCUT2D eigenvalue weighted by Gasteiger charge is -2.39. The van der Waals surface area contributed by atoms with E-state index in [0.29, 0.717) is 0 Å². The van der Waals surface area contributed by atoms with Crippen LogP contribution in [0.5, 0.6) is 0 Å². The first-order chi connectivity index (χ1) is 12.9. The Morgan fingerprint density at radius 3 is 2.62 bits per heavy atom. The number of para-hydroxylation sites is 2. The summed E-state index contributed by atoms with van der Waals surface area (Å²) >= 11 is 0. The van der Waals surface area contributed by atoms with Crippen LogP contribution in [0.1, 0.15) is 0 Å². The van der Waals surface area contributed by atoms with Crippen LogP contribution < -0.4 is 9.91 Å². The van der Waals surface area contributed by atoms with Crippen molar-refractivity contribution in [3.05, 3.63) is 36.9 Å². The lowest BCUT2D eigenvalue weighted by atomic mass is 10.3. The van der Waals surface area contributed by atoms with E-state index < -0.39 is 0 Å². The van der Waals surface area contributed by atoms with Crippen molar-refractivity contribution >= 4 is 17.0 Å². The van der Waals surface area contributed by atoms with Gasteiger partial charge in [0.25, 0.3) is 0 Å². The molecule has 2 aliphatic heterocycles. The van der Waals surface area contributed by atoms with E-state index in [9.17, 15) is 0 Å². The second-order valence-corrected chi connectivity index (χ2v) is 6.68. The minimum Gasteiger partial charge on any atom is -0.379 e. The fourth-order valence-corrected chi connectivity index (χ4v) is 3.66. The van der Waals surface area contributed by atoms with Crippen molar-refractivity contribution in [3.8, 4) is 0 Å². The standard InChI is InChI=1S/C17H22N8O/c1-2-4-16-15(3-1)20-17-22(6-5-21-7-9-26-10-8-21)13-24(14-25(16)17)23-11-18-19-12-23/h1-4,11-12H,5-10,13-14H2. The van der Waals surface area contributed by atoms with Crippen LogP contribution in [0, 0.1) is 0 Å². The van der Waals surface area contributed by atoms with Crippen LogP contribution in [0.25, 0.3) is 11.0 Å². The van der Waals surface area contributed by atoms with Gasteiger partial charge >= 0.3 is 0 Å². The molecular weight excluding hydrogens is 332 g/mol. The molecule has 2 aromatic heterocycles. The number of hydrogen-bond acceptors (Lipinski definition) is 7. The first-order valence-electron chi connectivity index (χ1n) is 8.99. The molecule has 0 atom stereocenters. The molecule has 4 heterocycles. The summed E-state index contributed by atoms with van der Waals surface area (Å²) in [5.41, 5.74) is 2.18. The van der Waals surface area contributed by atoms with Crippen LogP contribution in [-0.2, 0) is 11.4 Å². The maximum atomic E-state index is 5.46. The van der Waals surface area contributed by atoms with Gasteiger partial charge in [0, 0.05) is 26.2 Å². The van der Waals surface area contributed by atoms with Crippen molar-refractivity contribution in [2.75, 3.05) is 56.0 Å². The molecule has 3 aromatic rings. The molecule has 0 amide bonds. The number of morpholine rings is 1. The van der Waals surface area contributed by atoms with Crippen LogP contribution in [0.15, 0.2) is 36.9 Å². The minimum atomic E-state index is 0.724. The smallest absolute Gasteiger partial charge is 0.209 e. The fourth-order valence-electron chi connectivity index (χ4n) is 3.66. The zero-order chi connectivity index (χ0) is 17.3. The van der Waals surface area contributed by atoms with Gasteiger partial charge in [-0.15, -0.1) is 10.2 Å². The van der Waals surface area contributed by atoms with Crippen molar-refractivity contribution in [2.24, 2.45) is 0 Å². The number of fused-ring (bicyclic) bond motifs is 3. The Labute approximate surface area is 151 Å². The molecule has 1 fully saturated rings. The van der Waals surface area contributed by atoms with E-state index in [1.165, 1.54) is 0 Å². The average Bonchev–Trinajstić information content (AvgIpc) is 3.35. The molecule has 26 heavy (non-hydrogen) atoms. The van der Waals surface area contributed by atoms with E-state index >= 15 is 0 Å². The third kappa shape index (κ3) is 2.78. The highest BCUT2D eigenvalue weighted by molar-refractivity contribution is 5.79. The summed E-state index contributed by atoms with van der Waals surface area (Å²) in [5, 5.41) is 10.1. The van der Waals surface area contributed by atoms with Crippen LogP contribution in [-0.4, -0.2) is 75.4 Å². The highest BCUT2D eigenvalue weighted by Crippen LogP contribution is 2.26. The summed E-state index contributed by atoms with van der Waals surface area (Å²) in [7, 11) is 0. The van der Waals surface area contributed by atoms with Gasteiger partial charge < -0.3 is 9.64 Å². The Kier molecular flexibility index (Phi) is 3.95. The fraction of sp³-hybridized carbons (Fsp3) is 0.471. The molecule has 5 rings (SSSR count). The molecule has 0 N–H and O–H groups in total. The van der Waals surface area contributed by atoms with Crippen LogP contribution in [0.4, 0.5) is 5.95 Å². The predicted molar refractivity (Wildman–Crippen MR) is 97.4 cm³/mol. The number of aromatic nitrogens is 5. The number of hydrogen-bond donors (Lipinski definition) is 0. The lowest BCUT2D eigenvalue weighted by molar-refractivity contribution is 0.0390. The molecule has 0 saturated carbocycles. The molecule has 136 valence electrons. The molecule has 0 radical (unpaired) electrons. The number of anilines is 1. The summed E-state index contributed by atoms with van der Waals surface area (Å²) in [6.07, 6.45) is 3.48. The van der Waals surface area contributed by atoms with Crippen molar-refractivity contribution < 1.29 is 4.74 Å². The molecule has 0 aliphatic carbocycles. The second-order valence-electron chi connectivity index (χ2n) is 6.68. The van der Waals surface area contributed by atoms with Crippen molar-refractivity contribution in [1.82, 2.24) is 29.3 Å². The van der Waals surface area contributed by atoms with Gasteiger partial charge in [0.1, 0.15) is 26.0 Å². The largest absolute Gasteiger partial charge is 0.379 e. The van der Waals surface area contributed by atoms with E-state index in [0.717, 1.165) is 69.7 Å². The highest BCUT2D eigenvalue weighted by atomic mass is 16.5. The third-order valence-electron chi connectivity index (χ3n) is 5.08. The number of nitrogens with zero attached hydrogens (tertiary/aromatic N) is 8.